The molecule has 5 heteroatoms. The Labute approximate surface area is 127 Å². The first kappa shape index (κ1) is 13.3. The second-order valence-corrected chi connectivity index (χ2v) is 5.62. The number of anilines is 1. The van der Waals surface area contributed by atoms with E-state index in [0.29, 0.717) is 10.0 Å². The maximum atomic E-state index is 6.01. The molecule has 0 aliphatic heterocycles. The molecular formula is C15H13Cl2N3. The molecule has 0 unspecified atom stereocenters. The number of aromatic amines is 1. The number of imidazole rings is 1. The summed E-state index contributed by atoms with van der Waals surface area (Å²) in [5.41, 5.74) is 3.87. The molecule has 0 saturated heterocycles. The Bertz CT molecular complexity index is 722. The monoisotopic (exact) mass is 305 g/mol. The molecule has 2 aromatic carbocycles. The van der Waals surface area contributed by atoms with Gasteiger partial charge in [0.1, 0.15) is 5.82 Å². The van der Waals surface area contributed by atoms with Gasteiger partial charge in [-0.15, -0.1) is 0 Å². The first-order chi connectivity index (χ1) is 9.54. The highest BCUT2D eigenvalue weighted by molar-refractivity contribution is 6.42. The van der Waals surface area contributed by atoms with Crippen LogP contribution in [0.3, 0.4) is 0 Å². The number of rotatable bonds is 2. The Balaban J connectivity index is 2.05. The summed E-state index contributed by atoms with van der Waals surface area (Å²) in [5, 5.41) is 1.04. The molecule has 0 bridgehead atoms. The summed E-state index contributed by atoms with van der Waals surface area (Å²) in [5.74, 6) is 0.809. The zero-order valence-electron chi connectivity index (χ0n) is 11.1. The van der Waals surface area contributed by atoms with Crippen LogP contribution in [0, 0.1) is 0 Å². The van der Waals surface area contributed by atoms with Gasteiger partial charge in [-0.3, -0.25) is 0 Å². The van der Waals surface area contributed by atoms with Gasteiger partial charge in [0, 0.05) is 25.3 Å². The van der Waals surface area contributed by atoms with E-state index >= 15 is 0 Å². The number of benzene rings is 2. The third kappa shape index (κ3) is 2.35. The third-order valence-electron chi connectivity index (χ3n) is 3.18. The molecule has 1 aromatic heterocycles. The van der Waals surface area contributed by atoms with Crippen LogP contribution in [0.5, 0.6) is 0 Å². The topological polar surface area (TPSA) is 31.9 Å². The number of halogens is 2. The quantitative estimate of drug-likeness (QED) is 0.750. The fourth-order valence-corrected chi connectivity index (χ4v) is 2.38. The van der Waals surface area contributed by atoms with Crippen LogP contribution in [0.2, 0.25) is 10.0 Å². The molecule has 3 nitrogen and oxygen atoms in total. The zero-order chi connectivity index (χ0) is 14.3. The summed E-state index contributed by atoms with van der Waals surface area (Å²) in [6.07, 6.45) is 0. The van der Waals surface area contributed by atoms with Crippen molar-refractivity contribution in [3.05, 3.63) is 46.4 Å². The molecule has 0 spiro atoms. The van der Waals surface area contributed by atoms with Crippen LogP contribution < -0.4 is 4.90 Å². The average molecular weight is 306 g/mol. The van der Waals surface area contributed by atoms with Gasteiger partial charge in [-0.1, -0.05) is 23.2 Å². The Hall–Kier alpha value is -1.71. The largest absolute Gasteiger partial charge is 0.378 e. The molecule has 0 radical (unpaired) electrons. The van der Waals surface area contributed by atoms with Gasteiger partial charge >= 0.3 is 0 Å². The van der Waals surface area contributed by atoms with Crippen LogP contribution in [0.1, 0.15) is 0 Å². The fourth-order valence-electron chi connectivity index (χ4n) is 2.06. The van der Waals surface area contributed by atoms with Crippen molar-refractivity contribution in [2.75, 3.05) is 19.0 Å². The normalized spacial score (nSPS) is 11.0. The first-order valence-electron chi connectivity index (χ1n) is 6.17. The van der Waals surface area contributed by atoms with Crippen LogP contribution in [0.4, 0.5) is 5.69 Å². The minimum atomic E-state index is 0.514. The summed E-state index contributed by atoms with van der Waals surface area (Å²) in [6.45, 7) is 0. The van der Waals surface area contributed by atoms with Gasteiger partial charge in [-0.05, 0) is 36.4 Å². The number of hydrogen-bond acceptors (Lipinski definition) is 2. The van der Waals surface area contributed by atoms with Crippen molar-refractivity contribution in [1.29, 1.82) is 0 Å². The van der Waals surface area contributed by atoms with E-state index in [4.69, 9.17) is 23.2 Å². The molecule has 0 atom stereocenters. The van der Waals surface area contributed by atoms with Gasteiger partial charge < -0.3 is 9.88 Å². The molecule has 0 saturated carbocycles. The number of aromatic nitrogens is 2. The summed E-state index contributed by atoms with van der Waals surface area (Å²) >= 11 is 12.0. The van der Waals surface area contributed by atoms with E-state index in [0.717, 1.165) is 28.1 Å². The lowest BCUT2D eigenvalue weighted by atomic mass is 10.2. The van der Waals surface area contributed by atoms with Crippen LogP contribution in [0.25, 0.3) is 22.4 Å². The fraction of sp³-hybridized carbons (Fsp3) is 0.133. The highest BCUT2D eigenvalue weighted by Gasteiger charge is 2.08. The van der Waals surface area contributed by atoms with E-state index in [9.17, 15) is 0 Å². The molecule has 1 N–H and O–H groups in total. The zero-order valence-corrected chi connectivity index (χ0v) is 12.6. The van der Waals surface area contributed by atoms with E-state index in [1.165, 1.54) is 0 Å². The van der Waals surface area contributed by atoms with Crippen molar-refractivity contribution in [2.24, 2.45) is 0 Å². The third-order valence-corrected chi connectivity index (χ3v) is 3.90. The lowest BCUT2D eigenvalue weighted by Gasteiger charge is -2.11. The van der Waals surface area contributed by atoms with Gasteiger partial charge in [-0.25, -0.2) is 4.98 Å². The van der Waals surface area contributed by atoms with Crippen molar-refractivity contribution in [3.8, 4) is 11.4 Å². The standard InChI is InChI=1S/C15H13Cl2N3/c1-20(2)10-5-3-9(4-6-10)15-18-13-7-11(16)12(17)8-14(13)19-15/h3-8H,1-2H3,(H,18,19). The molecule has 3 rings (SSSR count). The highest BCUT2D eigenvalue weighted by Crippen LogP contribution is 2.29. The Morgan fingerprint density at radius 1 is 1.00 bits per heavy atom. The lowest BCUT2D eigenvalue weighted by Crippen LogP contribution is -2.07. The van der Waals surface area contributed by atoms with E-state index in [2.05, 4.69) is 27.0 Å². The molecule has 0 fully saturated rings. The summed E-state index contributed by atoms with van der Waals surface area (Å²) in [6, 6.07) is 11.8. The molecule has 3 aromatic rings. The van der Waals surface area contributed by atoms with Crippen molar-refractivity contribution < 1.29 is 0 Å². The molecule has 102 valence electrons. The average Bonchev–Trinajstić information content (AvgIpc) is 2.82. The number of H-pyrrole nitrogens is 1. The molecule has 20 heavy (non-hydrogen) atoms. The van der Waals surface area contributed by atoms with E-state index in [1.54, 1.807) is 12.1 Å². The predicted octanol–water partition coefficient (Wildman–Crippen LogP) is 4.60. The molecule has 0 aliphatic rings. The first-order valence-corrected chi connectivity index (χ1v) is 6.93. The summed E-state index contributed by atoms with van der Waals surface area (Å²) in [4.78, 5) is 9.87. The minimum Gasteiger partial charge on any atom is -0.378 e. The maximum Gasteiger partial charge on any atom is 0.138 e. The van der Waals surface area contributed by atoms with Crippen LogP contribution in [0.15, 0.2) is 36.4 Å². The second kappa shape index (κ2) is 5.00. The van der Waals surface area contributed by atoms with Crippen molar-refractivity contribution in [1.82, 2.24) is 9.97 Å². The smallest absolute Gasteiger partial charge is 0.138 e. The van der Waals surface area contributed by atoms with E-state index in [1.807, 2.05) is 26.2 Å². The van der Waals surface area contributed by atoms with Crippen LogP contribution >= 0.6 is 23.2 Å². The number of nitrogens with one attached hydrogen (secondary N) is 1. The summed E-state index contributed by atoms with van der Waals surface area (Å²) in [7, 11) is 4.03. The Morgan fingerprint density at radius 3 is 2.30 bits per heavy atom. The number of nitrogens with zero attached hydrogens (tertiary/aromatic N) is 2. The van der Waals surface area contributed by atoms with Crippen molar-refractivity contribution in [2.45, 2.75) is 0 Å². The van der Waals surface area contributed by atoms with Gasteiger partial charge in [0.2, 0.25) is 0 Å². The maximum absolute atomic E-state index is 6.01. The Morgan fingerprint density at radius 2 is 1.65 bits per heavy atom. The number of hydrogen-bond donors (Lipinski definition) is 1. The van der Waals surface area contributed by atoms with Gasteiger partial charge in [0.25, 0.3) is 0 Å². The minimum absolute atomic E-state index is 0.514. The summed E-state index contributed by atoms with van der Waals surface area (Å²) < 4.78 is 0. The molecular weight excluding hydrogens is 293 g/mol. The Kier molecular flexibility index (Phi) is 3.32. The number of fused-ring (bicyclic) bond motifs is 1. The predicted molar refractivity (Wildman–Crippen MR) is 85.9 cm³/mol. The van der Waals surface area contributed by atoms with Gasteiger partial charge in [0.05, 0.1) is 21.1 Å². The molecule has 1 heterocycles. The molecule has 0 amide bonds. The second-order valence-electron chi connectivity index (χ2n) is 4.81. The van der Waals surface area contributed by atoms with Crippen LogP contribution in [-0.2, 0) is 0 Å². The highest BCUT2D eigenvalue weighted by atomic mass is 35.5. The van der Waals surface area contributed by atoms with Crippen molar-refractivity contribution >= 4 is 39.9 Å². The lowest BCUT2D eigenvalue weighted by molar-refractivity contribution is 1.13. The van der Waals surface area contributed by atoms with Crippen LogP contribution in [-0.4, -0.2) is 24.1 Å². The van der Waals surface area contributed by atoms with Gasteiger partial charge in [-0.2, -0.15) is 0 Å². The van der Waals surface area contributed by atoms with E-state index < -0.39 is 0 Å². The van der Waals surface area contributed by atoms with Gasteiger partial charge in [0.15, 0.2) is 0 Å². The van der Waals surface area contributed by atoms with Crippen molar-refractivity contribution in [3.63, 3.8) is 0 Å². The SMILES string of the molecule is CN(C)c1ccc(-c2nc3cc(Cl)c(Cl)cc3[nH]2)cc1. The molecule has 0 aliphatic carbocycles. The van der Waals surface area contributed by atoms with E-state index in [-0.39, 0.29) is 0 Å².